The van der Waals surface area contributed by atoms with Gasteiger partial charge in [0.2, 0.25) is 10.0 Å². The van der Waals surface area contributed by atoms with Gasteiger partial charge in [-0.05, 0) is 83.1 Å². The maximum atomic E-state index is 13.1. The average molecular weight is 572 g/mol. The third-order valence-electron chi connectivity index (χ3n) is 7.14. The van der Waals surface area contributed by atoms with E-state index in [9.17, 15) is 18.0 Å². The largest absolute Gasteiger partial charge is 0.460 e. The van der Waals surface area contributed by atoms with Crippen LogP contribution in [0.15, 0.2) is 35.5 Å². The molecule has 0 spiro atoms. The van der Waals surface area contributed by atoms with Gasteiger partial charge >= 0.3 is 5.97 Å². The molecule has 2 aliphatic rings. The number of hydrogen-bond acceptors (Lipinski definition) is 8. The Morgan fingerprint density at radius 3 is 2.42 bits per heavy atom. The van der Waals surface area contributed by atoms with Crippen LogP contribution in [0.1, 0.15) is 88.2 Å². The zero-order valence-electron chi connectivity index (χ0n) is 23.9. The number of esters is 1. The number of aryl methyl sites for hydroxylation is 1. The maximum Gasteiger partial charge on any atom is 0.307 e. The lowest BCUT2D eigenvalue weighted by Gasteiger charge is -2.35. The summed E-state index contributed by atoms with van der Waals surface area (Å²) < 4.78 is 33.1. The second-order valence-corrected chi connectivity index (χ2v) is 13.6. The highest BCUT2D eigenvalue weighted by molar-refractivity contribution is 7.89. The van der Waals surface area contributed by atoms with Crippen LogP contribution in [0.3, 0.4) is 0 Å². The predicted octanol–water partition coefficient (Wildman–Crippen LogP) is 4.60. The number of hydrogen-bond donors (Lipinski definition) is 2. The van der Waals surface area contributed by atoms with Gasteiger partial charge < -0.3 is 15.0 Å². The monoisotopic (exact) mass is 571 g/mol. The van der Waals surface area contributed by atoms with E-state index in [-0.39, 0.29) is 29.5 Å². The molecule has 11 heteroatoms. The first-order valence-corrected chi connectivity index (χ1v) is 15.6. The topological polar surface area (TPSA) is 131 Å². The number of anilines is 2. The van der Waals surface area contributed by atoms with E-state index in [0.29, 0.717) is 23.2 Å². The first kappa shape index (κ1) is 29.9. The molecule has 40 heavy (non-hydrogen) atoms. The van der Waals surface area contributed by atoms with Crippen molar-refractivity contribution in [3.63, 3.8) is 0 Å². The second-order valence-electron chi connectivity index (χ2n) is 11.8. The van der Waals surface area contributed by atoms with Gasteiger partial charge in [-0.3, -0.25) is 9.59 Å². The van der Waals surface area contributed by atoms with Crippen molar-refractivity contribution in [2.75, 3.05) is 23.3 Å². The SMILES string of the molecule is Cc1cc(S(=O)(=O)NCCC(=O)OC(C)(C)C)ccc1NC(=O)c1cc(N(CC2CC2)C2CCCCC2)ncn1. The summed E-state index contributed by atoms with van der Waals surface area (Å²) in [5, 5.41) is 2.86. The molecule has 0 saturated heterocycles. The fourth-order valence-electron chi connectivity index (χ4n) is 4.92. The molecule has 2 saturated carbocycles. The lowest BCUT2D eigenvalue weighted by molar-refractivity contribution is -0.154. The highest BCUT2D eigenvalue weighted by Gasteiger charge is 2.30. The molecule has 4 rings (SSSR count). The smallest absolute Gasteiger partial charge is 0.307 e. The Bertz CT molecular complexity index is 1310. The molecule has 10 nitrogen and oxygen atoms in total. The van der Waals surface area contributed by atoms with Crippen LogP contribution in [0.25, 0.3) is 0 Å². The number of benzene rings is 1. The third kappa shape index (κ3) is 8.47. The minimum absolute atomic E-state index is 0.0414. The molecule has 1 amide bonds. The lowest BCUT2D eigenvalue weighted by Crippen LogP contribution is -2.39. The van der Waals surface area contributed by atoms with E-state index in [1.165, 1.54) is 50.6 Å². The zero-order chi connectivity index (χ0) is 28.9. The third-order valence-corrected chi connectivity index (χ3v) is 8.60. The normalized spacial score (nSPS) is 16.4. The van der Waals surface area contributed by atoms with Crippen molar-refractivity contribution < 1.29 is 22.7 Å². The fraction of sp³-hybridized carbons (Fsp3) is 0.586. The van der Waals surface area contributed by atoms with E-state index >= 15 is 0 Å². The maximum absolute atomic E-state index is 13.1. The Hall–Kier alpha value is -3.05. The number of carbonyl (C=O) groups excluding carboxylic acids is 2. The van der Waals surface area contributed by atoms with E-state index in [4.69, 9.17) is 4.74 Å². The summed E-state index contributed by atoms with van der Waals surface area (Å²) in [6, 6.07) is 6.66. The predicted molar refractivity (Wildman–Crippen MR) is 154 cm³/mol. The lowest BCUT2D eigenvalue weighted by atomic mass is 9.94. The van der Waals surface area contributed by atoms with E-state index in [2.05, 4.69) is 24.9 Å². The van der Waals surface area contributed by atoms with Gasteiger partial charge in [0.1, 0.15) is 23.4 Å². The van der Waals surface area contributed by atoms with Crippen LogP contribution < -0.4 is 14.9 Å². The Labute approximate surface area is 237 Å². The number of nitrogens with one attached hydrogen (secondary N) is 2. The standard InChI is InChI=1S/C29H41N5O5S/c1-20-16-23(40(37,38)32-15-14-27(35)39-29(2,3)4)12-13-24(20)33-28(36)25-17-26(31-19-30-25)34(18-21-10-11-21)22-8-6-5-7-9-22/h12-13,16-17,19,21-22,32H,5-11,14-15,18H2,1-4H3,(H,33,36). The Morgan fingerprint density at radius 1 is 1.05 bits per heavy atom. The molecular weight excluding hydrogens is 530 g/mol. The van der Waals surface area contributed by atoms with Crippen molar-refractivity contribution in [2.24, 2.45) is 5.92 Å². The summed E-state index contributed by atoms with van der Waals surface area (Å²) in [5.74, 6) is 0.618. The van der Waals surface area contributed by atoms with Crippen LogP contribution in [0.4, 0.5) is 11.5 Å². The van der Waals surface area contributed by atoms with Gasteiger partial charge in [-0.1, -0.05) is 19.3 Å². The summed E-state index contributed by atoms with van der Waals surface area (Å²) in [7, 11) is -3.85. The number of rotatable bonds is 11. The van der Waals surface area contributed by atoms with Gasteiger partial charge in [0.15, 0.2) is 0 Å². The van der Waals surface area contributed by atoms with Gasteiger partial charge in [0, 0.05) is 30.9 Å². The molecule has 0 unspecified atom stereocenters. The average Bonchev–Trinajstić information content (AvgIpc) is 3.72. The molecule has 1 heterocycles. The van der Waals surface area contributed by atoms with Gasteiger partial charge in [0.25, 0.3) is 5.91 Å². The van der Waals surface area contributed by atoms with Crippen LogP contribution in [-0.4, -0.2) is 55.0 Å². The molecule has 2 fully saturated rings. The van der Waals surface area contributed by atoms with Crippen LogP contribution in [-0.2, 0) is 19.6 Å². The van der Waals surface area contributed by atoms with Crippen molar-refractivity contribution in [1.29, 1.82) is 0 Å². The van der Waals surface area contributed by atoms with Gasteiger partial charge in [-0.2, -0.15) is 0 Å². The van der Waals surface area contributed by atoms with E-state index < -0.39 is 21.6 Å². The number of nitrogens with zero attached hydrogens (tertiary/aromatic N) is 3. The number of carbonyl (C=O) groups is 2. The van der Waals surface area contributed by atoms with Crippen molar-refractivity contribution in [3.05, 3.63) is 41.9 Å². The number of aromatic nitrogens is 2. The first-order valence-electron chi connectivity index (χ1n) is 14.1. The summed E-state index contributed by atoms with van der Waals surface area (Å²) in [5.41, 5.74) is 0.697. The molecule has 0 atom stereocenters. The quantitative estimate of drug-likeness (QED) is 0.374. The Kier molecular flexibility index (Phi) is 9.45. The summed E-state index contributed by atoms with van der Waals surface area (Å²) in [4.78, 5) is 36.2. The van der Waals surface area contributed by atoms with E-state index in [0.717, 1.165) is 25.2 Å². The van der Waals surface area contributed by atoms with Crippen LogP contribution in [0.2, 0.25) is 0 Å². The fourth-order valence-corrected chi connectivity index (χ4v) is 6.04. The zero-order valence-corrected chi connectivity index (χ0v) is 24.7. The van der Waals surface area contributed by atoms with E-state index in [1.54, 1.807) is 39.8 Å². The molecule has 2 aliphatic carbocycles. The number of ether oxygens (including phenoxy) is 1. The van der Waals surface area contributed by atoms with Crippen molar-refractivity contribution in [1.82, 2.24) is 14.7 Å². The van der Waals surface area contributed by atoms with Gasteiger partial charge in [-0.15, -0.1) is 0 Å². The molecule has 2 aromatic rings. The summed E-state index contributed by atoms with van der Waals surface area (Å²) in [6.45, 7) is 7.86. The Morgan fingerprint density at radius 2 is 1.77 bits per heavy atom. The van der Waals surface area contributed by atoms with Gasteiger partial charge in [0.05, 0.1) is 11.3 Å². The van der Waals surface area contributed by atoms with Crippen molar-refractivity contribution in [3.8, 4) is 0 Å². The molecule has 0 aliphatic heterocycles. The molecule has 0 bridgehead atoms. The van der Waals surface area contributed by atoms with E-state index in [1.807, 2.05) is 0 Å². The number of sulfonamides is 1. The molecule has 218 valence electrons. The van der Waals surface area contributed by atoms with Crippen molar-refractivity contribution >= 4 is 33.4 Å². The molecular formula is C29H41N5O5S. The van der Waals surface area contributed by atoms with Crippen molar-refractivity contribution in [2.45, 2.75) is 95.6 Å². The first-order chi connectivity index (χ1) is 18.9. The molecule has 0 radical (unpaired) electrons. The summed E-state index contributed by atoms with van der Waals surface area (Å²) >= 11 is 0. The van der Waals surface area contributed by atoms with Crippen LogP contribution in [0, 0.1) is 12.8 Å². The molecule has 1 aromatic heterocycles. The highest BCUT2D eigenvalue weighted by Crippen LogP contribution is 2.34. The molecule has 1 aromatic carbocycles. The van der Waals surface area contributed by atoms with Crippen LogP contribution in [0.5, 0.6) is 0 Å². The van der Waals surface area contributed by atoms with Crippen LogP contribution >= 0.6 is 0 Å². The Balaban J connectivity index is 1.40. The minimum Gasteiger partial charge on any atom is -0.460 e. The van der Waals surface area contributed by atoms with Gasteiger partial charge in [-0.25, -0.2) is 23.1 Å². The highest BCUT2D eigenvalue weighted by atomic mass is 32.2. The minimum atomic E-state index is -3.85. The summed E-state index contributed by atoms with van der Waals surface area (Å²) in [6.07, 6.45) is 9.83. The molecule has 2 N–H and O–H groups in total. The second kappa shape index (κ2) is 12.6. The number of amides is 1.